The standard InChI is InChI=1S/C23H24F3N5O6S/c1-14-12-27-17(38-14)13-31-18-19(29(2)22(34)30(20(18)33)7-4-8-32)28-21(31)36-10-9-35-15-5-3-6-16(11-15)37-23(24,25)26/h3,5-6,11-12,32H,4,7-10,13H2,1-2H3/p+2. The summed E-state index contributed by atoms with van der Waals surface area (Å²) in [6.07, 6.45) is -2.84. The number of aromatic nitrogens is 3. The van der Waals surface area contributed by atoms with E-state index >= 15 is 0 Å². The number of rotatable bonds is 11. The van der Waals surface area contributed by atoms with Gasteiger partial charge in [0.25, 0.3) is 5.82 Å². The van der Waals surface area contributed by atoms with Crippen LogP contribution in [0.1, 0.15) is 26.8 Å². The molecule has 0 fully saturated rings. The van der Waals surface area contributed by atoms with E-state index in [1.165, 1.54) is 35.4 Å². The number of aromatic amines is 1. The van der Waals surface area contributed by atoms with Crippen LogP contribution in [0.5, 0.6) is 17.5 Å². The molecule has 3 amide bonds. The Morgan fingerprint density at radius 1 is 1.21 bits per heavy atom. The number of hydrogen-bond donors (Lipinski definition) is 3. The number of amides is 3. The number of halogens is 3. The van der Waals surface area contributed by atoms with Crippen molar-refractivity contribution >= 4 is 29.1 Å². The minimum absolute atomic E-state index is 0.0341. The van der Waals surface area contributed by atoms with Gasteiger partial charge in [-0.3, -0.25) is 0 Å². The summed E-state index contributed by atoms with van der Waals surface area (Å²) in [5, 5.41) is 9.91. The smallest absolute Gasteiger partial charge is 0.490 e. The van der Waals surface area contributed by atoms with Crippen LogP contribution in [-0.4, -0.2) is 66.8 Å². The lowest BCUT2D eigenvalue weighted by atomic mass is 10.2. The number of H-pyrrole nitrogens is 1. The number of aryl methyl sites for hydroxylation is 1. The van der Waals surface area contributed by atoms with E-state index in [0.717, 1.165) is 17.0 Å². The predicted octanol–water partition coefficient (Wildman–Crippen LogP) is 1.45. The van der Waals surface area contributed by atoms with Crippen molar-refractivity contribution in [3.63, 3.8) is 0 Å². The minimum Gasteiger partial charge on any atom is -0.490 e. The summed E-state index contributed by atoms with van der Waals surface area (Å²) in [7, 11) is 1.53. The third kappa shape index (κ3) is 6.23. The fraction of sp³-hybridized carbons (Fsp3) is 0.391. The molecule has 3 aromatic rings. The van der Waals surface area contributed by atoms with Gasteiger partial charge in [0.1, 0.15) is 36.3 Å². The molecule has 1 aromatic carbocycles. The van der Waals surface area contributed by atoms with Gasteiger partial charge in [-0.15, -0.1) is 24.5 Å². The predicted molar refractivity (Wildman–Crippen MR) is 127 cm³/mol. The van der Waals surface area contributed by atoms with Gasteiger partial charge >= 0.3 is 30.0 Å². The van der Waals surface area contributed by atoms with Gasteiger partial charge in [0.2, 0.25) is 0 Å². The molecule has 1 aliphatic rings. The lowest BCUT2D eigenvalue weighted by Crippen LogP contribution is -3.19. The van der Waals surface area contributed by atoms with E-state index in [1.54, 1.807) is 10.8 Å². The molecule has 2 aromatic heterocycles. The van der Waals surface area contributed by atoms with Crippen LogP contribution < -0.4 is 28.6 Å². The number of nitrogens with zero attached hydrogens (tertiary/aromatic N) is 3. The van der Waals surface area contributed by atoms with E-state index in [9.17, 15) is 27.9 Å². The van der Waals surface area contributed by atoms with E-state index in [0.29, 0.717) is 5.01 Å². The summed E-state index contributed by atoms with van der Waals surface area (Å²) in [6.45, 7) is 1.99. The molecule has 11 nitrogen and oxygen atoms in total. The number of aliphatic hydroxyl groups excluding tert-OH is 1. The van der Waals surface area contributed by atoms with Crippen LogP contribution in [-0.2, 0) is 6.54 Å². The molecule has 1 unspecified atom stereocenters. The van der Waals surface area contributed by atoms with E-state index in [2.05, 4.69) is 14.7 Å². The number of urea groups is 1. The van der Waals surface area contributed by atoms with Gasteiger partial charge in [0.05, 0.1) is 6.54 Å². The van der Waals surface area contributed by atoms with Crippen LogP contribution in [0.25, 0.3) is 0 Å². The van der Waals surface area contributed by atoms with Crippen molar-refractivity contribution < 1.29 is 51.5 Å². The SMILES string of the molecule is Cc1cnc(C[n+]2c(OCCOc3cccc(OC(F)(F)F)c3)[nH]c3c2C(=O)[NH+](CCCO)C(=O)N3C)s1. The Morgan fingerprint density at radius 2 is 1.95 bits per heavy atom. The summed E-state index contributed by atoms with van der Waals surface area (Å²) in [4.78, 5) is 35.9. The van der Waals surface area contributed by atoms with Crippen molar-refractivity contribution in [2.45, 2.75) is 26.3 Å². The van der Waals surface area contributed by atoms with Crippen molar-refractivity contribution in [3.8, 4) is 17.5 Å². The number of nitrogens with one attached hydrogen (secondary N) is 2. The topological polar surface area (TPSA) is 122 Å². The summed E-state index contributed by atoms with van der Waals surface area (Å²) in [5.41, 5.74) is 0.223. The van der Waals surface area contributed by atoms with E-state index in [1.807, 2.05) is 6.92 Å². The summed E-state index contributed by atoms with van der Waals surface area (Å²) < 4.78 is 54.3. The average molecular weight is 558 g/mol. The Bertz CT molecular complexity index is 1310. The summed E-state index contributed by atoms with van der Waals surface area (Å²) in [6, 6.07) is 4.81. The second kappa shape index (κ2) is 11.4. The lowest BCUT2D eigenvalue weighted by molar-refractivity contribution is -0.745. The molecule has 0 radical (unpaired) electrons. The third-order valence-electron chi connectivity index (χ3n) is 5.53. The summed E-state index contributed by atoms with van der Waals surface area (Å²) in [5.74, 6) is -0.470. The van der Waals surface area contributed by atoms with Gasteiger partial charge in [0.15, 0.2) is 0 Å². The maximum Gasteiger partial charge on any atom is 0.573 e. The molecule has 0 spiro atoms. The largest absolute Gasteiger partial charge is 0.573 e. The summed E-state index contributed by atoms with van der Waals surface area (Å²) >= 11 is 1.44. The zero-order valence-corrected chi connectivity index (χ0v) is 21.3. The molecule has 3 N–H and O–H groups in total. The highest BCUT2D eigenvalue weighted by atomic mass is 32.1. The highest BCUT2D eigenvalue weighted by molar-refractivity contribution is 7.11. The fourth-order valence-corrected chi connectivity index (χ4v) is 4.66. The Labute approximate surface area is 219 Å². The molecule has 3 heterocycles. The molecule has 1 aliphatic heterocycles. The Morgan fingerprint density at radius 3 is 2.63 bits per heavy atom. The number of carbonyl (C=O) groups excluding carboxylic acids is 2. The van der Waals surface area contributed by atoms with Gasteiger partial charge < -0.3 is 19.3 Å². The Kier molecular flexibility index (Phi) is 8.18. The molecule has 204 valence electrons. The number of alkyl halides is 3. The number of anilines is 1. The number of ether oxygens (including phenoxy) is 3. The molecule has 0 saturated carbocycles. The van der Waals surface area contributed by atoms with Crippen molar-refractivity contribution in [3.05, 3.63) is 46.0 Å². The first-order chi connectivity index (χ1) is 18.1. The Balaban J connectivity index is 1.53. The van der Waals surface area contributed by atoms with Gasteiger partial charge in [-0.05, 0) is 19.1 Å². The maximum absolute atomic E-state index is 13.4. The first kappa shape index (κ1) is 27.3. The van der Waals surface area contributed by atoms with Crippen LogP contribution in [0.3, 0.4) is 0 Å². The number of imidazole rings is 1. The van der Waals surface area contributed by atoms with Crippen LogP contribution in [0.15, 0.2) is 30.5 Å². The number of hydrogen-bond acceptors (Lipinski definition) is 8. The zero-order valence-electron chi connectivity index (χ0n) is 20.5. The van der Waals surface area contributed by atoms with Gasteiger partial charge in [-0.2, -0.15) is 14.5 Å². The first-order valence-electron chi connectivity index (χ1n) is 11.6. The number of quaternary nitrogens is 1. The number of fused-ring (bicyclic) bond motifs is 1. The molecule has 0 aliphatic carbocycles. The van der Waals surface area contributed by atoms with E-state index < -0.39 is 24.1 Å². The lowest BCUT2D eigenvalue weighted by Gasteiger charge is -2.22. The highest BCUT2D eigenvalue weighted by Gasteiger charge is 2.49. The van der Waals surface area contributed by atoms with Crippen molar-refractivity contribution in [2.75, 3.05) is 38.3 Å². The quantitative estimate of drug-likeness (QED) is 0.241. The first-order valence-corrected chi connectivity index (χ1v) is 12.4. The van der Waals surface area contributed by atoms with Crippen LogP contribution in [0, 0.1) is 6.92 Å². The highest BCUT2D eigenvalue weighted by Crippen LogP contribution is 2.26. The van der Waals surface area contributed by atoms with Crippen LogP contribution >= 0.6 is 11.3 Å². The van der Waals surface area contributed by atoms with Crippen LogP contribution in [0.4, 0.5) is 23.8 Å². The number of imide groups is 1. The van der Waals surface area contributed by atoms with Gasteiger partial charge in [0, 0.05) is 37.2 Å². The average Bonchev–Trinajstić information content (AvgIpc) is 3.43. The number of aliphatic hydroxyl groups is 1. The number of thiazole rings is 1. The van der Waals surface area contributed by atoms with E-state index in [4.69, 9.17) is 9.47 Å². The minimum atomic E-state index is -4.82. The second-order valence-electron chi connectivity index (χ2n) is 8.30. The molecule has 0 bridgehead atoms. The molecule has 1 atom stereocenters. The monoisotopic (exact) mass is 557 g/mol. The normalized spacial score (nSPS) is 15.5. The van der Waals surface area contributed by atoms with Crippen molar-refractivity contribution in [1.29, 1.82) is 0 Å². The molecule has 4 rings (SSSR count). The molecular weight excluding hydrogens is 531 g/mol. The Hall–Kier alpha value is -3.69. The van der Waals surface area contributed by atoms with Crippen molar-refractivity contribution in [2.24, 2.45) is 0 Å². The zero-order chi connectivity index (χ0) is 27.4. The van der Waals surface area contributed by atoms with Crippen LogP contribution in [0.2, 0.25) is 0 Å². The molecular formula is C23H26F3N5O6S+2. The fourth-order valence-electron chi connectivity index (χ4n) is 3.88. The molecule has 15 heteroatoms. The molecule has 38 heavy (non-hydrogen) atoms. The number of carbonyl (C=O) groups is 2. The van der Waals surface area contributed by atoms with Gasteiger partial charge in [-0.25, -0.2) is 19.5 Å². The van der Waals surface area contributed by atoms with E-state index in [-0.39, 0.29) is 67.5 Å². The third-order valence-corrected chi connectivity index (χ3v) is 6.43. The maximum atomic E-state index is 13.4. The molecule has 0 saturated heterocycles. The van der Waals surface area contributed by atoms with Crippen molar-refractivity contribution in [1.82, 2.24) is 9.97 Å². The number of benzene rings is 1. The van der Waals surface area contributed by atoms with Gasteiger partial charge in [-0.1, -0.05) is 6.07 Å². The second-order valence-corrected chi connectivity index (χ2v) is 9.62.